The number of rotatable bonds is 18. The van der Waals surface area contributed by atoms with Gasteiger partial charge in [-0.15, -0.1) is 0 Å². The second kappa shape index (κ2) is 21.5. The molecule has 2 aliphatic rings. The van der Waals surface area contributed by atoms with Crippen LogP contribution in [0.3, 0.4) is 0 Å². The molecular formula is C39H62N6O8. The summed E-state index contributed by atoms with van der Waals surface area (Å²) in [7, 11) is 0. The van der Waals surface area contributed by atoms with Crippen LogP contribution in [0.1, 0.15) is 110 Å². The van der Waals surface area contributed by atoms with Gasteiger partial charge in [0.2, 0.25) is 17.7 Å². The molecule has 1 heterocycles. The van der Waals surface area contributed by atoms with Gasteiger partial charge in [-0.05, 0) is 64.4 Å². The number of aliphatic hydroxyl groups is 1. The average molecular weight is 743 g/mol. The summed E-state index contributed by atoms with van der Waals surface area (Å²) < 4.78 is 5.34. The molecule has 14 nitrogen and oxygen atoms in total. The van der Waals surface area contributed by atoms with Crippen molar-refractivity contribution in [2.24, 2.45) is 17.6 Å². The zero-order chi connectivity index (χ0) is 39.0. The molecule has 296 valence electrons. The Balaban J connectivity index is 1.55. The maximum Gasteiger partial charge on any atom is 0.407 e. The zero-order valence-corrected chi connectivity index (χ0v) is 32.0. The minimum Gasteiger partial charge on any atom is -0.444 e. The van der Waals surface area contributed by atoms with E-state index >= 15 is 0 Å². The maximum absolute atomic E-state index is 13.5. The molecule has 1 aliphatic heterocycles. The first kappa shape index (κ1) is 43.2. The predicted octanol–water partition coefficient (Wildman–Crippen LogP) is 3.48. The Morgan fingerprint density at radius 2 is 1.60 bits per heavy atom. The zero-order valence-electron chi connectivity index (χ0n) is 32.0. The van der Waals surface area contributed by atoms with E-state index in [2.05, 4.69) is 21.3 Å². The van der Waals surface area contributed by atoms with Gasteiger partial charge in [-0.2, -0.15) is 0 Å². The van der Waals surface area contributed by atoms with Gasteiger partial charge in [0.25, 0.3) is 0 Å². The Morgan fingerprint density at radius 1 is 0.943 bits per heavy atom. The number of nitrogens with zero attached hydrogens (tertiary/aromatic N) is 1. The topological polar surface area (TPSA) is 209 Å². The fraction of sp³-hybridized carbons (Fsp3) is 0.692. The van der Waals surface area contributed by atoms with Crippen molar-refractivity contribution in [3.05, 3.63) is 35.9 Å². The number of piperidine rings is 1. The molecule has 0 spiro atoms. The van der Waals surface area contributed by atoms with Crippen LogP contribution in [0.25, 0.3) is 0 Å². The fourth-order valence-electron chi connectivity index (χ4n) is 7.05. The molecule has 2 fully saturated rings. The molecule has 7 N–H and O–H groups in total. The normalized spacial score (nSPS) is 17.8. The highest BCUT2D eigenvalue weighted by Crippen LogP contribution is 2.29. The summed E-state index contributed by atoms with van der Waals surface area (Å²) in [6.07, 6.45) is 6.06. The number of urea groups is 1. The predicted molar refractivity (Wildman–Crippen MR) is 200 cm³/mol. The third kappa shape index (κ3) is 15.7. The van der Waals surface area contributed by atoms with Crippen molar-refractivity contribution in [3.8, 4) is 0 Å². The van der Waals surface area contributed by atoms with Crippen LogP contribution in [-0.2, 0) is 30.3 Å². The van der Waals surface area contributed by atoms with Gasteiger partial charge in [-0.1, -0.05) is 69.4 Å². The Labute approximate surface area is 314 Å². The van der Waals surface area contributed by atoms with Crippen LogP contribution >= 0.6 is 0 Å². The van der Waals surface area contributed by atoms with E-state index in [0.717, 1.165) is 37.7 Å². The highest BCUT2D eigenvalue weighted by molar-refractivity contribution is 6.00. The van der Waals surface area contributed by atoms with Gasteiger partial charge in [0.05, 0.1) is 18.1 Å². The lowest BCUT2D eigenvalue weighted by Gasteiger charge is -2.33. The number of nitrogens with one attached hydrogen (secondary N) is 4. The number of hydrogen-bond acceptors (Lipinski definition) is 8. The lowest BCUT2D eigenvalue weighted by atomic mass is 9.83. The second-order valence-corrected chi connectivity index (χ2v) is 15.5. The number of carbonyl (C=O) groups is 6. The summed E-state index contributed by atoms with van der Waals surface area (Å²) in [5.41, 5.74) is 5.61. The number of alkyl carbamates (subject to hydrolysis) is 1. The van der Waals surface area contributed by atoms with E-state index in [-0.39, 0.29) is 50.0 Å². The Kier molecular flexibility index (Phi) is 17.5. The average Bonchev–Trinajstić information content (AvgIpc) is 3.10. The molecule has 1 aromatic carbocycles. The van der Waals surface area contributed by atoms with Crippen LogP contribution in [0.4, 0.5) is 9.59 Å². The molecule has 6 amide bonds. The quantitative estimate of drug-likeness (QED) is 0.122. The summed E-state index contributed by atoms with van der Waals surface area (Å²) in [4.78, 5) is 78.0. The first-order valence-electron chi connectivity index (χ1n) is 19.3. The Morgan fingerprint density at radius 3 is 2.21 bits per heavy atom. The van der Waals surface area contributed by atoms with E-state index in [4.69, 9.17) is 10.5 Å². The van der Waals surface area contributed by atoms with Gasteiger partial charge in [-0.3, -0.25) is 19.2 Å². The lowest BCUT2D eigenvalue weighted by molar-refractivity contribution is -0.132. The van der Waals surface area contributed by atoms with Gasteiger partial charge >= 0.3 is 12.1 Å². The van der Waals surface area contributed by atoms with Crippen LogP contribution in [0.5, 0.6) is 0 Å². The van der Waals surface area contributed by atoms with Gasteiger partial charge in [0, 0.05) is 44.9 Å². The monoisotopic (exact) mass is 742 g/mol. The lowest BCUT2D eigenvalue weighted by Crippen LogP contribution is -2.55. The van der Waals surface area contributed by atoms with Crippen LogP contribution in [-0.4, -0.2) is 95.1 Å². The minimum atomic E-state index is -0.992. The Bertz CT molecular complexity index is 1360. The van der Waals surface area contributed by atoms with Gasteiger partial charge in [-0.25, -0.2) is 9.59 Å². The van der Waals surface area contributed by atoms with E-state index < -0.39 is 53.6 Å². The van der Waals surface area contributed by atoms with Crippen molar-refractivity contribution in [3.63, 3.8) is 0 Å². The second-order valence-electron chi connectivity index (χ2n) is 15.5. The molecule has 1 saturated carbocycles. The van der Waals surface area contributed by atoms with Crippen molar-refractivity contribution in [1.82, 2.24) is 26.2 Å². The van der Waals surface area contributed by atoms with Crippen molar-refractivity contribution in [2.45, 2.75) is 141 Å². The number of aliphatic hydroxyl groups excluding tert-OH is 1. The number of carbonyl (C=O) groups excluding carboxylic acids is 6. The summed E-state index contributed by atoms with van der Waals surface area (Å²) >= 11 is 0. The third-order valence-corrected chi connectivity index (χ3v) is 10.0. The molecule has 1 aliphatic carbocycles. The van der Waals surface area contributed by atoms with Crippen molar-refractivity contribution >= 4 is 35.6 Å². The van der Waals surface area contributed by atoms with Gasteiger partial charge in [0.1, 0.15) is 17.4 Å². The molecule has 14 heteroatoms. The first-order valence-corrected chi connectivity index (χ1v) is 19.3. The molecule has 4 atom stereocenters. The number of likely N-dealkylation sites (tertiary alicyclic amines) is 1. The van der Waals surface area contributed by atoms with Crippen molar-refractivity contribution in [1.29, 1.82) is 0 Å². The number of benzene rings is 1. The van der Waals surface area contributed by atoms with E-state index in [1.807, 2.05) is 30.3 Å². The molecular weight excluding hydrogens is 680 g/mol. The summed E-state index contributed by atoms with van der Waals surface area (Å²) in [6.45, 7) is 7.88. The number of ketones is 1. The highest BCUT2D eigenvalue weighted by atomic mass is 16.6. The van der Waals surface area contributed by atoms with E-state index in [1.165, 1.54) is 0 Å². The number of primary amides is 1. The highest BCUT2D eigenvalue weighted by Gasteiger charge is 2.31. The summed E-state index contributed by atoms with van der Waals surface area (Å²) in [5, 5.41) is 22.6. The number of ether oxygens (including phenoxy) is 1. The fourth-order valence-corrected chi connectivity index (χ4v) is 7.05. The van der Waals surface area contributed by atoms with Crippen LogP contribution in [0.2, 0.25) is 0 Å². The number of nitrogens with two attached hydrogens (primary N) is 1. The van der Waals surface area contributed by atoms with Gasteiger partial charge in [0.15, 0.2) is 0 Å². The van der Waals surface area contributed by atoms with Crippen molar-refractivity contribution in [2.75, 3.05) is 19.6 Å². The van der Waals surface area contributed by atoms with E-state index in [0.29, 0.717) is 44.7 Å². The Hall–Kier alpha value is -4.20. The summed E-state index contributed by atoms with van der Waals surface area (Å²) in [6, 6.07) is 7.29. The van der Waals surface area contributed by atoms with E-state index in [1.54, 1.807) is 32.6 Å². The molecule has 1 saturated heterocycles. The van der Waals surface area contributed by atoms with Crippen LogP contribution < -0.4 is 27.0 Å². The van der Waals surface area contributed by atoms with Crippen LogP contribution in [0.15, 0.2) is 30.3 Å². The maximum atomic E-state index is 13.5. The largest absolute Gasteiger partial charge is 0.444 e. The first-order chi connectivity index (χ1) is 25.1. The number of Topliss-reactive ketones (excluding diaryl/α,β-unsaturated/α-hetero) is 1. The van der Waals surface area contributed by atoms with Crippen molar-refractivity contribution < 1.29 is 38.6 Å². The standard InChI is InChI=1S/C39H62N6O8/c1-5-29(35(40)49)32(46)16-17-33(47)30(24-26-12-8-6-9-13-26)43-34(48)18-21-41-36(50)31(25-27-14-10-7-11-15-27)44-37(51)45-22-19-28(20-23-45)42-38(52)53-39(2,3)4/h7,10-11,14-15,26,28-31,33,47H,5-6,8-9,12-13,16-25H2,1-4H3,(H2,40,49)(H,41,50)(H,42,52)(H,43,48)(H,44,51)/t29?,30-,31-,33-/m0/s1. The summed E-state index contributed by atoms with van der Waals surface area (Å²) in [5.74, 6) is -2.35. The molecule has 3 rings (SSSR count). The molecule has 53 heavy (non-hydrogen) atoms. The third-order valence-electron chi connectivity index (χ3n) is 10.0. The van der Waals surface area contributed by atoms with E-state index in [9.17, 15) is 33.9 Å². The molecule has 0 bridgehead atoms. The van der Waals surface area contributed by atoms with Gasteiger partial charge < -0.3 is 41.7 Å². The molecule has 0 radical (unpaired) electrons. The SMILES string of the molecule is CCC(C(N)=O)C(=O)CC[C@H](O)[C@H](CC1CCCCC1)NC(=O)CCNC(=O)[C@H](Cc1ccccc1)NC(=O)N1CCC(NC(=O)OC(C)(C)C)CC1. The van der Waals surface area contributed by atoms with Crippen LogP contribution in [0, 0.1) is 11.8 Å². The smallest absolute Gasteiger partial charge is 0.407 e. The number of hydrogen-bond donors (Lipinski definition) is 6. The molecule has 0 aromatic heterocycles. The molecule has 1 aromatic rings. The molecule has 1 unspecified atom stereocenters. The minimum absolute atomic E-state index is 0.00901. The number of amides is 6.